The molecule has 0 bridgehead atoms. The predicted molar refractivity (Wildman–Crippen MR) is 93.6 cm³/mol. The number of amides is 3. The van der Waals surface area contributed by atoms with E-state index in [-0.39, 0.29) is 24.4 Å². The van der Waals surface area contributed by atoms with Gasteiger partial charge in [0.1, 0.15) is 6.33 Å². The lowest BCUT2D eigenvalue weighted by Crippen LogP contribution is -2.52. The number of nitrogens with one attached hydrogen (secondary N) is 3. The van der Waals surface area contributed by atoms with Crippen molar-refractivity contribution < 1.29 is 9.59 Å². The fraction of sp³-hybridized carbons (Fsp3) is 0.333. The number of hydrogen-bond donors (Lipinski definition) is 3. The summed E-state index contributed by atoms with van der Waals surface area (Å²) in [7, 11) is 0. The summed E-state index contributed by atoms with van der Waals surface area (Å²) in [5, 5.41) is 11.9. The molecule has 10 heteroatoms. The summed E-state index contributed by atoms with van der Waals surface area (Å²) in [4.78, 5) is 31.5. The van der Waals surface area contributed by atoms with Gasteiger partial charge in [-0.05, 0) is 24.3 Å². The second-order valence-corrected chi connectivity index (χ2v) is 5.93. The number of anilines is 2. The van der Waals surface area contributed by atoms with Crippen LogP contribution in [0.5, 0.6) is 0 Å². The van der Waals surface area contributed by atoms with Crippen molar-refractivity contribution in [3.8, 4) is 0 Å². The van der Waals surface area contributed by atoms with Gasteiger partial charge in [0, 0.05) is 36.9 Å². The highest BCUT2D eigenvalue weighted by Crippen LogP contribution is 2.19. The molecule has 3 N–H and O–H groups in total. The normalized spacial score (nSPS) is 14.3. The highest BCUT2D eigenvalue weighted by Gasteiger charge is 2.21. The topological polar surface area (TPSA) is 106 Å². The number of urea groups is 1. The minimum Gasteiger partial charge on any atom is -0.368 e. The number of H-pyrrole nitrogens is 1. The molecule has 0 atom stereocenters. The summed E-state index contributed by atoms with van der Waals surface area (Å²) < 4.78 is 0. The fourth-order valence-corrected chi connectivity index (χ4v) is 2.66. The third kappa shape index (κ3) is 4.60. The van der Waals surface area contributed by atoms with Crippen LogP contribution in [0.3, 0.4) is 0 Å². The lowest BCUT2D eigenvalue weighted by atomic mass is 10.2. The quantitative estimate of drug-likeness (QED) is 0.749. The van der Waals surface area contributed by atoms with Crippen LogP contribution in [0, 0.1) is 0 Å². The van der Waals surface area contributed by atoms with E-state index in [0.29, 0.717) is 18.1 Å². The molecule has 0 saturated carbocycles. The van der Waals surface area contributed by atoms with Gasteiger partial charge in [-0.1, -0.05) is 11.6 Å². The second-order valence-electron chi connectivity index (χ2n) is 5.49. The van der Waals surface area contributed by atoms with E-state index >= 15 is 0 Å². The number of halogens is 1. The molecule has 3 rings (SSSR count). The molecule has 0 aliphatic carbocycles. The maximum Gasteiger partial charge on any atom is 0.317 e. The monoisotopic (exact) mass is 363 g/mol. The number of nitrogens with zero attached hydrogens (tertiary/aromatic N) is 4. The lowest BCUT2D eigenvalue weighted by molar-refractivity contribution is -0.115. The minimum absolute atomic E-state index is 0.128. The minimum atomic E-state index is -0.370. The molecule has 1 fully saturated rings. The molecule has 3 amide bonds. The van der Waals surface area contributed by atoms with Crippen LogP contribution in [0.2, 0.25) is 5.02 Å². The molecule has 25 heavy (non-hydrogen) atoms. The molecule has 1 aromatic heterocycles. The highest BCUT2D eigenvalue weighted by atomic mass is 35.5. The number of aromatic nitrogens is 3. The van der Waals surface area contributed by atoms with Crippen molar-refractivity contribution in [3.05, 3.63) is 35.6 Å². The van der Waals surface area contributed by atoms with Crippen LogP contribution in [-0.2, 0) is 4.79 Å². The number of carbonyl (C=O) groups excluding carboxylic acids is 2. The Morgan fingerprint density at radius 3 is 2.52 bits per heavy atom. The number of benzene rings is 1. The summed E-state index contributed by atoms with van der Waals surface area (Å²) in [5.41, 5.74) is 1.08. The van der Waals surface area contributed by atoms with E-state index in [1.54, 1.807) is 4.90 Å². The Labute approximate surface area is 149 Å². The van der Waals surface area contributed by atoms with Gasteiger partial charge in [0.2, 0.25) is 11.9 Å². The molecule has 0 spiro atoms. The zero-order valence-corrected chi connectivity index (χ0v) is 14.2. The first-order valence-corrected chi connectivity index (χ1v) is 8.18. The van der Waals surface area contributed by atoms with Crippen LogP contribution in [0.25, 0.3) is 0 Å². The third-order valence-corrected chi connectivity index (χ3v) is 4.08. The zero-order chi connectivity index (χ0) is 17.6. The van der Waals surface area contributed by atoms with Gasteiger partial charge in [-0.2, -0.15) is 10.1 Å². The van der Waals surface area contributed by atoms with Gasteiger partial charge < -0.3 is 15.1 Å². The van der Waals surface area contributed by atoms with Gasteiger partial charge in [-0.15, -0.1) is 0 Å². The van der Waals surface area contributed by atoms with E-state index in [0.717, 1.165) is 18.8 Å². The van der Waals surface area contributed by atoms with Gasteiger partial charge in [0.05, 0.1) is 6.54 Å². The Morgan fingerprint density at radius 1 is 1.16 bits per heavy atom. The Bertz CT molecular complexity index is 712. The van der Waals surface area contributed by atoms with Gasteiger partial charge in [-0.25, -0.2) is 9.89 Å². The van der Waals surface area contributed by atoms with Crippen LogP contribution < -0.4 is 15.5 Å². The molecular weight excluding hydrogens is 346 g/mol. The van der Waals surface area contributed by atoms with Crippen molar-refractivity contribution in [2.45, 2.75) is 0 Å². The number of carbonyl (C=O) groups is 2. The van der Waals surface area contributed by atoms with E-state index in [2.05, 4.69) is 30.7 Å². The number of piperazine rings is 1. The van der Waals surface area contributed by atoms with Crippen LogP contribution in [0.1, 0.15) is 0 Å². The molecule has 1 aromatic carbocycles. The second kappa shape index (κ2) is 7.84. The van der Waals surface area contributed by atoms with Crippen molar-refractivity contribution in [1.29, 1.82) is 0 Å². The lowest BCUT2D eigenvalue weighted by Gasteiger charge is -2.36. The highest BCUT2D eigenvalue weighted by molar-refractivity contribution is 6.30. The van der Waals surface area contributed by atoms with Crippen molar-refractivity contribution in [2.24, 2.45) is 0 Å². The van der Waals surface area contributed by atoms with E-state index in [4.69, 9.17) is 11.6 Å². The molecule has 1 saturated heterocycles. The zero-order valence-electron chi connectivity index (χ0n) is 13.4. The van der Waals surface area contributed by atoms with Gasteiger partial charge in [0.15, 0.2) is 0 Å². The van der Waals surface area contributed by atoms with Crippen LogP contribution in [-0.4, -0.2) is 64.7 Å². The molecule has 0 unspecified atom stereocenters. The summed E-state index contributed by atoms with van der Waals surface area (Å²) >= 11 is 5.90. The van der Waals surface area contributed by atoms with Gasteiger partial charge in [0.25, 0.3) is 0 Å². The average Bonchev–Trinajstić information content (AvgIpc) is 3.13. The average molecular weight is 364 g/mol. The third-order valence-electron chi connectivity index (χ3n) is 3.83. The Kier molecular flexibility index (Phi) is 5.34. The molecule has 0 radical (unpaired) electrons. The molecule has 132 valence electrons. The smallest absolute Gasteiger partial charge is 0.317 e. The molecule has 2 heterocycles. The Balaban J connectivity index is 1.42. The van der Waals surface area contributed by atoms with E-state index in [1.807, 2.05) is 24.3 Å². The molecule has 1 aliphatic rings. The first kappa shape index (κ1) is 17.0. The SMILES string of the molecule is O=C(CNC(=O)N1CCN(c2ccc(Cl)cc2)CC1)Nc1ncn[nH]1. The molecular formula is C15H18ClN7O2. The molecule has 2 aromatic rings. The maximum absolute atomic E-state index is 12.2. The first-order valence-electron chi connectivity index (χ1n) is 7.80. The van der Waals surface area contributed by atoms with Gasteiger partial charge in [-0.3, -0.25) is 10.1 Å². The number of hydrogen-bond acceptors (Lipinski definition) is 5. The van der Waals surface area contributed by atoms with Crippen LogP contribution >= 0.6 is 11.6 Å². The molecule has 9 nitrogen and oxygen atoms in total. The van der Waals surface area contributed by atoms with E-state index in [9.17, 15) is 9.59 Å². The fourth-order valence-electron chi connectivity index (χ4n) is 2.53. The summed E-state index contributed by atoms with van der Waals surface area (Å²) in [6, 6.07) is 7.37. The van der Waals surface area contributed by atoms with Crippen molar-refractivity contribution in [2.75, 3.05) is 42.9 Å². The van der Waals surface area contributed by atoms with Gasteiger partial charge >= 0.3 is 6.03 Å². The summed E-state index contributed by atoms with van der Waals surface area (Å²) in [6.45, 7) is 2.48. The van der Waals surface area contributed by atoms with Crippen molar-refractivity contribution in [1.82, 2.24) is 25.4 Å². The van der Waals surface area contributed by atoms with Crippen LogP contribution in [0.4, 0.5) is 16.4 Å². The predicted octanol–water partition coefficient (Wildman–Crippen LogP) is 0.928. The summed E-state index contributed by atoms with van der Waals surface area (Å²) in [6.07, 6.45) is 1.29. The van der Waals surface area contributed by atoms with E-state index in [1.165, 1.54) is 6.33 Å². The Hall–Kier alpha value is -2.81. The van der Waals surface area contributed by atoms with Crippen LogP contribution in [0.15, 0.2) is 30.6 Å². The number of aromatic amines is 1. The largest absolute Gasteiger partial charge is 0.368 e. The van der Waals surface area contributed by atoms with Crippen molar-refractivity contribution >= 4 is 35.2 Å². The van der Waals surface area contributed by atoms with Crippen molar-refractivity contribution in [3.63, 3.8) is 0 Å². The first-order chi connectivity index (χ1) is 12.1. The number of rotatable bonds is 4. The molecule has 1 aliphatic heterocycles. The van der Waals surface area contributed by atoms with E-state index < -0.39 is 0 Å². The standard InChI is InChI=1S/C15H18ClN7O2/c16-11-1-3-12(4-2-11)22-5-7-23(8-6-22)15(25)17-9-13(24)20-14-18-10-19-21-14/h1-4,10H,5-9H2,(H,17,25)(H2,18,19,20,21,24). The Morgan fingerprint density at radius 2 is 1.88 bits per heavy atom. The maximum atomic E-state index is 12.2. The summed E-state index contributed by atoms with van der Waals surface area (Å²) in [5.74, 6) is -0.124.